The Morgan fingerprint density at radius 2 is 2.00 bits per heavy atom. The Labute approximate surface area is 99.8 Å². The first-order chi connectivity index (χ1) is 7.56. The summed E-state index contributed by atoms with van der Waals surface area (Å²) in [5.74, 6) is 0. The van der Waals surface area contributed by atoms with E-state index in [1.807, 2.05) is 0 Å². The highest BCUT2D eigenvalue weighted by atomic mass is 15.0. The predicted molar refractivity (Wildman–Crippen MR) is 72.8 cm³/mol. The van der Waals surface area contributed by atoms with Crippen molar-refractivity contribution in [1.82, 2.24) is 4.90 Å². The van der Waals surface area contributed by atoms with Crippen LogP contribution in [-0.2, 0) is 6.42 Å². The topological polar surface area (TPSA) is 3.24 Å². The van der Waals surface area contributed by atoms with E-state index in [0.717, 1.165) is 19.4 Å². The molecule has 0 atom stereocenters. The first kappa shape index (κ1) is 13.0. The number of aryl methyl sites for hydroxylation is 2. The van der Waals surface area contributed by atoms with Crippen LogP contribution in [0, 0.1) is 6.92 Å². The number of hydrogen-bond acceptors (Lipinski definition) is 1. The van der Waals surface area contributed by atoms with Gasteiger partial charge in [-0.2, -0.15) is 0 Å². The smallest absolute Gasteiger partial charge is 0.00157 e. The van der Waals surface area contributed by atoms with Crippen LogP contribution in [0.15, 0.2) is 24.8 Å². The van der Waals surface area contributed by atoms with Gasteiger partial charge in [-0.1, -0.05) is 31.7 Å². The molecule has 0 saturated carbocycles. The van der Waals surface area contributed by atoms with Gasteiger partial charge >= 0.3 is 0 Å². The summed E-state index contributed by atoms with van der Waals surface area (Å²) < 4.78 is 0. The summed E-state index contributed by atoms with van der Waals surface area (Å²) in [6, 6.07) is 6.52. The van der Waals surface area contributed by atoms with Crippen molar-refractivity contribution in [3.63, 3.8) is 0 Å². The maximum absolute atomic E-state index is 4.24. The molecule has 1 aromatic carbocycles. The van der Waals surface area contributed by atoms with Crippen LogP contribution >= 0.6 is 0 Å². The molecule has 88 valence electrons. The highest BCUT2D eigenvalue weighted by Crippen LogP contribution is 2.24. The van der Waals surface area contributed by atoms with Gasteiger partial charge in [-0.05, 0) is 56.1 Å². The molecule has 0 aliphatic heterocycles. The number of benzene rings is 1. The highest BCUT2D eigenvalue weighted by molar-refractivity contribution is 5.69. The molecule has 1 heteroatoms. The van der Waals surface area contributed by atoms with Gasteiger partial charge < -0.3 is 4.90 Å². The van der Waals surface area contributed by atoms with Gasteiger partial charge in [0.1, 0.15) is 0 Å². The molecular formula is C15H23N. The number of nitrogens with zero attached hydrogens (tertiary/aromatic N) is 1. The molecule has 0 spiro atoms. The third-order valence-electron chi connectivity index (χ3n) is 2.95. The Morgan fingerprint density at radius 1 is 1.31 bits per heavy atom. The van der Waals surface area contributed by atoms with Crippen LogP contribution < -0.4 is 0 Å². The maximum atomic E-state index is 4.24. The van der Waals surface area contributed by atoms with Crippen molar-refractivity contribution in [2.24, 2.45) is 0 Å². The van der Waals surface area contributed by atoms with Crippen molar-refractivity contribution in [3.8, 4) is 0 Å². The summed E-state index contributed by atoms with van der Waals surface area (Å²) in [7, 11) is 4.21. The molecule has 0 radical (unpaired) electrons. The van der Waals surface area contributed by atoms with Crippen LogP contribution in [0.3, 0.4) is 0 Å². The van der Waals surface area contributed by atoms with E-state index in [1.165, 1.54) is 22.3 Å². The van der Waals surface area contributed by atoms with E-state index in [-0.39, 0.29) is 0 Å². The normalized spacial score (nSPS) is 10.8. The van der Waals surface area contributed by atoms with Crippen LogP contribution in [0.1, 0.15) is 30.0 Å². The minimum atomic E-state index is 1.05. The molecule has 0 aliphatic carbocycles. The second-order valence-corrected chi connectivity index (χ2v) is 4.62. The van der Waals surface area contributed by atoms with Crippen LogP contribution in [-0.4, -0.2) is 25.5 Å². The van der Waals surface area contributed by atoms with Crippen LogP contribution in [0.5, 0.6) is 0 Å². The Kier molecular flexibility index (Phi) is 4.75. The standard InChI is InChI=1S/C15H23N/c1-6-14-9-7-8-12(2)15(14)13(3)10-11-16(4)5/h7-9H,3,6,10-11H2,1-2,4-5H3. The first-order valence-electron chi connectivity index (χ1n) is 5.97. The van der Waals surface area contributed by atoms with Crippen molar-refractivity contribution in [3.05, 3.63) is 41.5 Å². The molecule has 0 amide bonds. The van der Waals surface area contributed by atoms with Crippen molar-refractivity contribution in [2.45, 2.75) is 26.7 Å². The Morgan fingerprint density at radius 3 is 2.56 bits per heavy atom. The lowest BCUT2D eigenvalue weighted by atomic mass is 9.93. The largest absolute Gasteiger partial charge is 0.309 e. The number of hydrogen-bond donors (Lipinski definition) is 0. The quantitative estimate of drug-likeness (QED) is 0.729. The SMILES string of the molecule is C=C(CCN(C)C)c1c(C)cccc1CC. The fourth-order valence-electron chi connectivity index (χ4n) is 2.01. The van der Waals surface area contributed by atoms with Crippen LogP contribution in [0.25, 0.3) is 5.57 Å². The average Bonchev–Trinajstić information content (AvgIpc) is 2.25. The van der Waals surface area contributed by atoms with Gasteiger partial charge in [0.2, 0.25) is 0 Å². The monoisotopic (exact) mass is 217 g/mol. The van der Waals surface area contributed by atoms with Crippen LogP contribution in [0.2, 0.25) is 0 Å². The zero-order valence-corrected chi connectivity index (χ0v) is 11.0. The molecule has 0 saturated heterocycles. The molecule has 0 aromatic heterocycles. The van der Waals surface area contributed by atoms with Gasteiger partial charge in [-0.25, -0.2) is 0 Å². The third kappa shape index (κ3) is 3.21. The van der Waals surface area contributed by atoms with Gasteiger partial charge in [0.15, 0.2) is 0 Å². The van der Waals surface area contributed by atoms with Gasteiger partial charge in [-0.15, -0.1) is 0 Å². The molecule has 0 fully saturated rings. The van der Waals surface area contributed by atoms with E-state index in [1.54, 1.807) is 0 Å². The summed E-state index contributed by atoms with van der Waals surface area (Å²) in [5.41, 5.74) is 5.42. The van der Waals surface area contributed by atoms with Crippen molar-refractivity contribution < 1.29 is 0 Å². The summed E-state index contributed by atoms with van der Waals surface area (Å²) in [4.78, 5) is 2.20. The molecular weight excluding hydrogens is 194 g/mol. The summed E-state index contributed by atoms with van der Waals surface area (Å²) in [5, 5.41) is 0. The Bertz CT molecular complexity index is 364. The zero-order valence-electron chi connectivity index (χ0n) is 11.0. The van der Waals surface area contributed by atoms with E-state index >= 15 is 0 Å². The summed E-state index contributed by atoms with van der Waals surface area (Å²) in [6.07, 6.45) is 2.13. The van der Waals surface area contributed by atoms with E-state index in [0.29, 0.717) is 0 Å². The fourth-order valence-corrected chi connectivity index (χ4v) is 2.01. The summed E-state index contributed by atoms with van der Waals surface area (Å²) >= 11 is 0. The van der Waals surface area contributed by atoms with Gasteiger partial charge in [0.25, 0.3) is 0 Å². The lowest BCUT2D eigenvalue weighted by Gasteiger charge is -2.16. The molecule has 0 aliphatic rings. The fraction of sp³-hybridized carbons (Fsp3) is 0.467. The molecule has 1 rings (SSSR count). The molecule has 1 nitrogen and oxygen atoms in total. The minimum Gasteiger partial charge on any atom is -0.309 e. The lowest BCUT2D eigenvalue weighted by Crippen LogP contribution is -2.13. The van der Waals surface area contributed by atoms with E-state index < -0.39 is 0 Å². The predicted octanol–water partition coefficient (Wildman–Crippen LogP) is 3.52. The van der Waals surface area contributed by atoms with E-state index in [9.17, 15) is 0 Å². The van der Waals surface area contributed by atoms with E-state index in [4.69, 9.17) is 0 Å². The maximum Gasteiger partial charge on any atom is 0.00157 e. The van der Waals surface area contributed by atoms with Gasteiger partial charge in [-0.3, -0.25) is 0 Å². The van der Waals surface area contributed by atoms with Crippen molar-refractivity contribution >= 4 is 5.57 Å². The molecule has 16 heavy (non-hydrogen) atoms. The second kappa shape index (κ2) is 5.86. The Hall–Kier alpha value is -1.08. The number of rotatable bonds is 5. The minimum absolute atomic E-state index is 1.05. The lowest BCUT2D eigenvalue weighted by molar-refractivity contribution is 0.419. The second-order valence-electron chi connectivity index (χ2n) is 4.62. The van der Waals surface area contributed by atoms with Crippen LogP contribution in [0.4, 0.5) is 0 Å². The average molecular weight is 217 g/mol. The third-order valence-corrected chi connectivity index (χ3v) is 2.95. The molecule has 0 N–H and O–H groups in total. The molecule has 0 heterocycles. The van der Waals surface area contributed by atoms with E-state index in [2.05, 4.69) is 57.6 Å². The van der Waals surface area contributed by atoms with Crippen molar-refractivity contribution in [1.29, 1.82) is 0 Å². The highest BCUT2D eigenvalue weighted by Gasteiger charge is 2.07. The van der Waals surface area contributed by atoms with Gasteiger partial charge in [0.05, 0.1) is 0 Å². The Balaban J connectivity index is 2.89. The summed E-state index contributed by atoms with van der Waals surface area (Å²) in [6.45, 7) is 9.69. The van der Waals surface area contributed by atoms with Gasteiger partial charge in [0, 0.05) is 6.54 Å². The molecule has 0 unspecified atom stereocenters. The first-order valence-corrected chi connectivity index (χ1v) is 5.97. The molecule has 0 bridgehead atoms. The van der Waals surface area contributed by atoms with Crippen molar-refractivity contribution in [2.75, 3.05) is 20.6 Å². The zero-order chi connectivity index (χ0) is 12.1. The molecule has 1 aromatic rings.